The minimum absolute atomic E-state index is 0.918. The van der Waals surface area contributed by atoms with Crippen LogP contribution in [0.4, 0.5) is 0 Å². The van der Waals surface area contributed by atoms with Crippen LogP contribution in [0.1, 0.15) is 0 Å². The molecular weight excluding hydrogens is 510 g/mol. The molecule has 0 fully saturated rings. The molecule has 3 heteroatoms. The van der Waals surface area contributed by atoms with Crippen LogP contribution in [-0.4, -0.2) is 14.1 Å². The Balaban J connectivity index is 1.36. The van der Waals surface area contributed by atoms with Crippen molar-refractivity contribution in [3.63, 3.8) is 0 Å². The van der Waals surface area contributed by atoms with Crippen molar-refractivity contribution in [2.45, 2.75) is 0 Å². The standard InChI is InChI=1S/C39H25N3/c1-3-12-26(13-4-1)34-18-11-21-39(40-34)42-36-20-10-8-17-31(36)33-23-27-22-32-30-16-7-9-19-35(30)41(29-14-5-2-6-15-29)37(32)24-28(27)25-38(33)42/h1-25H. The van der Waals surface area contributed by atoms with E-state index in [0.29, 0.717) is 0 Å². The summed E-state index contributed by atoms with van der Waals surface area (Å²) in [5.74, 6) is 0.918. The fourth-order valence-corrected chi connectivity index (χ4v) is 6.60. The quantitative estimate of drug-likeness (QED) is 0.221. The zero-order chi connectivity index (χ0) is 27.6. The fourth-order valence-electron chi connectivity index (χ4n) is 6.60. The number of aromatic nitrogens is 3. The molecule has 3 aromatic heterocycles. The van der Waals surface area contributed by atoms with E-state index in [1.54, 1.807) is 0 Å². The van der Waals surface area contributed by atoms with E-state index < -0.39 is 0 Å². The van der Waals surface area contributed by atoms with Gasteiger partial charge in [0.1, 0.15) is 5.82 Å². The number of pyridine rings is 1. The maximum Gasteiger partial charge on any atom is 0.138 e. The molecule has 42 heavy (non-hydrogen) atoms. The van der Waals surface area contributed by atoms with Crippen molar-refractivity contribution in [1.29, 1.82) is 0 Å². The lowest BCUT2D eigenvalue weighted by Crippen LogP contribution is -1.98. The Kier molecular flexibility index (Phi) is 4.90. The van der Waals surface area contributed by atoms with E-state index in [2.05, 4.69) is 155 Å². The third kappa shape index (κ3) is 3.37. The van der Waals surface area contributed by atoms with Crippen LogP contribution >= 0.6 is 0 Å². The van der Waals surface area contributed by atoms with Gasteiger partial charge in [-0.15, -0.1) is 0 Å². The van der Waals surface area contributed by atoms with Crippen LogP contribution in [0.5, 0.6) is 0 Å². The Morgan fingerprint density at radius 1 is 0.381 bits per heavy atom. The van der Waals surface area contributed by atoms with Gasteiger partial charge in [-0.25, -0.2) is 4.98 Å². The number of hydrogen-bond donors (Lipinski definition) is 0. The molecule has 6 aromatic carbocycles. The van der Waals surface area contributed by atoms with Crippen molar-refractivity contribution >= 4 is 54.4 Å². The molecule has 196 valence electrons. The Bertz CT molecular complexity index is 2450. The third-order valence-electron chi connectivity index (χ3n) is 8.47. The lowest BCUT2D eigenvalue weighted by atomic mass is 10.0. The molecule has 0 saturated carbocycles. The second-order valence-electron chi connectivity index (χ2n) is 10.9. The number of fused-ring (bicyclic) bond motifs is 7. The van der Waals surface area contributed by atoms with Crippen molar-refractivity contribution in [3.8, 4) is 22.8 Å². The van der Waals surface area contributed by atoms with Crippen LogP contribution in [0.25, 0.3) is 77.1 Å². The molecule has 0 amide bonds. The van der Waals surface area contributed by atoms with Crippen molar-refractivity contribution in [2.75, 3.05) is 0 Å². The molecule has 0 aliphatic carbocycles. The summed E-state index contributed by atoms with van der Waals surface area (Å²) < 4.78 is 4.70. The van der Waals surface area contributed by atoms with Gasteiger partial charge in [0, 0.05) is 32.8 Å². The zero-order valence-electron chi connectivity index (χ0n) is 22.8. The van der Waals surface area contributed by atoms with E-state index in [9.17, 15) is 0 Å². The number of para-hydroxylation sites is 3. The molecule has 3 heterocycles. The number of benzene rings is 6. The van der Waals surface area contributed by atoms with Gasteiger partial charge < -0.3 is 4.57 Å². The predicted octanol–water partition coefficient (Wildman–Crippen LogP) is 10.1. The first-order valence-corrected chi connectivity index (χ1v) is 14.3. The summed E-state index contributed by atoms with van der Waals surface area (Å²) in [6, 6.07) is 54.1. The number of rotatable bonds is 3. The molecule has 0 saturated heterocycles. The third-order valence-corrected chi connectivity index (χ3v) is 8.47. The smallest absolute Gasteiger partial charge is 0.138 e. The van der Waals surface area contributed by atoms with Crippen LogP contribution in [0.2, 0.25) is 0 Å². The van der Waals surface area contributed by atoms with E-state index in [0.717, 1.165) is 28.1 Å². The average Bonchev–Trinajstić information content (AvgIpc) is 3.55. The highest BCUT2D eigenvalue weighted by Gasteiger charge is 2.17. The molecular formula is C39H25N3. The largest absolute Gasteiger partial charge is 0.309 e. The molecule has 9 aromatic rings. The van der Waals surface area contributed by atoms with Crippen LogP contribution in [-0.2, 0) is 0 Å². The van der Waals surface area contributed by atoms with Crippen LogP contribution < -0.4 is 0 Å². The van der Waals surface area contributed by atoms with Gasteiger partial charge in [-0.05, 0) is 71.4 Å². The first kappa shape index (κ1) is 23.1. The molecule has 0 aliphatic heterocycles. The van der Waals surface area contributed by atoms with Crippen molar-refractivity contribution in [2.24, 2.45) is 0 Å². The summed E-state index contributed by atoms with van der Waals surface area (Å²) >= 11 is 0. The van der Waals surface area contributed by atoms with E-state index in [4.69, 9.17) is 4.98 Å². The highest BCUT2D eigenvalue weighted by atomic mass is 15.1. The molecule has 0 bridgehead atoms. The lowest BCUT2D eigenvalue weighted by Gasteiger charge is -2.10. The summed E-state index contributed by atoms with van der Waals surface area (Å²) in [5, 5.41) is 7.44. The van der Waals surface area contributed by atoms with Gasteiger partial charge in [-0.1, -0.05) is 91.0 Å². The van der Waals surface area contributed by atoms with E-state index in [1.807, 2.05) is 6.07 Å². The highest BCUT2D eigenvalue weighted by Crippen LogP contribution is 2.39. The van der Waals surface area contributed by atoms with Gasteiger partial charge in [-0.2, -0.15) is 0 Å². The zero-order valence-corrected chi connectivity index (χ0v) is 22.8. The first-order chi connectivity index (χ1) is 20.8. The van der Waals surface area contributed by atoms with Crippen molar-refractivity contribution < 1.29 is 0 Å². The summed E-state index contributed by atoms with van der Waals surface area (Å²) in [5.41, 5.74) is 7.99. The minimum atomic E-state index is 0.918. The van der Waals surface area contributed by atoms with Gasteiger partial charge in [0.2, 0.25) is 0 Å². The van der Waals surface area contributed by atoms with Gasteiger partial charge in [0.25, 0.3) is 0 Å². The SMILES string of the molecule is c1ccc(-c2cccc(-n3c4ccccc4c4cc5cc6c7ccccc7n(-c7ccccc7)c6cc5cc43)n2)cc1. The molecule has 0 spiro atoms. The Morgan fingerprint density at radius 3 is 1.62 bits per heavy atom. The summed E-state index contributed by atoms with van der Waals surface area (Å²) in [4.78, 5) is 5.16. The van der Waals surface area contributed by atoms with E-state index >= 15 is 0 Å². The maximum atomic E-state index is 5.16. The monoisotopic (exact) mass is 535 g/mol. The molecule has 3 nitrogen and oxygen atoms in total. The minimum Gasteiger partial charge on any atom is -0.309 e. The van der Waals surface area contributed by atoms with Gasteiger partial charge in [-0.3, -0.25) is 4.57 Å². The predicted molar refractivity (Wildman–Crippen MR) is 176 cm³/mol. The van der Waals surface area contributed by atoms with Gasteiger partial charge in [0.15, 0.2) is 0 Å². The molecule has 9 rings (SSSR count). The highest BCUT2D eigenvalue weighted by molar-refractivity contribution is 6.18. The summed E-state index contributed by atoms with van der Waals surface area (Å²) in [6.07, 6.45) is 0. The second-order valence-corrected chi connectivity index (χ2v) is 10.9. The average molecular weight is 536 g/mol. The Hall–Kier alpha value is -5.67. The number of hydrogen-bond acceptors (Lipinski definition) is 1. The first-order valence-electron chi connectivity index (χ1n) is 14.3. The molecule has 0 aliphatic rings. The van der Waals surface area contributed by atoms with Crippen molar-refractivity contribution in [3.05, 3.63) is 152 Å². The second kappa shape index (κ2) is 8.92. The maximum absolute atomic E-state index is 5.16. The summed E-state index contributed by atoms with van der Waals surface area (Å²) in [6.45, 7) is 0. The molecule has 0 atom stereocenters. The van der Waals surface area contributed by atoms with Gasteiger partial charge in [0.05, 0.1) is 27.8 Å². The number of nitrogens with zero attached hydrogens (tertiary/aromatic N) is 3. The Labute approximate surface area is 242 Å². The molecule has 0 radical (unpaired) electrons. The van der Waals surface area contributed by atoms with Crippen LogP contribution in [0.3, 0.4) is 0 Å². The fraction of sp³-hybridized carbons (Fsp3) is 0. The topological polar surface area (TPSA) is 22.8 Å². The molecule has 0 unspecified atom stereocenters. The molecule has 0 N–H and O–H groups in total. The van der Waals surface area contributed by atoms with E-state index in [1.165, 1.54) is 49.0 Å². The van der Waals surface area contributed by atoms with Crippen molar-refractivity contribution in [1.82, 2.24) is 14.1 Å². The summed E-state index contributed by atoms with van der Waals surface area (Å²) in [7, 11) is 0. The van der Waals surface area contributed by atoms with Gasteiger partial charge >= 0.3 is 0 Å². The Morgan fingerprint density at radius 2 is 0.929 bits per heavy atom. The lowest BCUT2D eigenvalue weighted by molar-refractivity contribution is 1.08. The normalized spacial score (nSPS) is 11.8. The van der Waals surface area contributed by atoms with Crippen LogP contribution in [0, 0.1) is 0 Å². The van der Waals surface area contributed by atoms with E-state index in [-0.39, 0.29) is 0 Å². The van der Waals surface area contributed by atoms with Crippen LogP contribution in [0.15, 0.2) is 152 Å².